The van der Waals surface area contributed by atoms with Crippen molar-refractivity contribution in [3.8, 4) is 0 Å². The number of piperidine rings is 1. The molecule has 3 unspecified atom stereocenters. The summed E-state index contributed by atoms with van der Waals surface area (Å²) in [6.45, 7) is 12.3. The minimum absolute atomic E-state index is 0.127. The van der Waals surface area contributed by atoms with Gasteiger partial charge in [-0.3, -0.25) is 9.59 Å². The Balaban J connectivity index is 1.50. The number of allylic oxidation sites excluding steroid dienone is 1. The van der Waals surface area contributed by atoms with E-state index in [1.165, 1.54) is 25.1 Å². The zero-order valence-corrected chi connectivity index (χ0v) is 26.0. The van der Waals surface area contributed by atoms with Crippen molar-refractivity contribution in [2.75, 3.05) is 19.6 Å². The van der Waals surface area contributed by atoms with Crippen molar-refractivity contribution in [3.63, 3.8) is 0 Å². The number of nitrogens with one attached hydrogen (secondary N) is 1. The average Bonchev–Trinajstić information content (AvgIpc) is 3.25. The molecule has 1 amide bonds. The Bertz CT molecular complexity index is 1480. The highest BCUT2D eigenvalue weighted by Crippen LogP contribution is 2.71. The van der Waals surface area contributed by atoms with Crippen molar-refractivity contribution in [1.82, 2.24) is 5.32 Å². The van der Waals surface area contributed by atoms with E-state index < -0.39 is 52.5 Å². The van der Waals surface area contributed by atoms with Gasteiger partial charge in [-0.25, -0.2) is 0 Å². The van der Waals surface area contributed by atoms with E-state index in [0.717, 1.165) is 43.0 Å². The van der Waals surface area contributed by atoms with Crippen LogP contribution in [0.15, 0.2) is 71.7 Å². The Morgan fingerprint density at radius 3 is 2.62 bits per heavy atom. The fourth-order valence-electron chi connectivity index (χ4n) is 9.72. The summed E-state index contributed by atoms with van der Waals surface area (Å²) in [7, 11) is 0. The molecule has 4 fully saturated rings. The molecular weight excluding hydrogens is 585 g/mol. The first-order valence-electron chi connectivity index (χ1n) is 15.9. The first-order chi connectivity index (χ1) is 21.3. The molecule has 3 aliphatic carbocycles. The van der Waals surface area contributed by atoms with Gasteiger partial charge in [0, 0.05) is 49.0 Å². The van der Waals surface area contributed by atoms with Crippen molar-refractivity contribution >= 4 is 18.0 Å². The molecule has 1 aromatic carbocycles. The third-order valence-corrected chi connectivity index (χ3v) is 10.9. The van der Waals surface area contributed by atoms with Crippen molar-refractivity contribution in [2.45, 2.75) is 76.9 Å². The van der Waals surface area contributed by atoms with Crippen LogP contribution in [-0.2, 0) is 19.1 Å². The maximum atomic E-state index is 14.4. The summed E-state index contributed by atoms with van der Waals surface area (Å²) in [4.78, 5) is 26.1. The molecule has 2 heterocycles. The van der Waals surface area contributed by atoms with E-state index in [1.54, 1.807) is 18.2 Å². The molecule has 7 nitrogen and oxygen atoms in total. The summed E-state index contributed by atoms with van der Waals surface area (Å²) >= 11 is 0. The van der Waals surface area contributed by atoms with Crippen LogP contribution in [-0.4, -0.2) is 65.1 Å². The van der Waals surface area contributed by atoms with Crippen LogP contribution in [0.25, 0.3) is 6.08 Å². The predicted molar refractivity (Wildman–Crippen MR) is 162 cm³/mol. The number of likely N-dealkylation sites (tertiary alicyclic amines) is 1. The molecule has 5 aliphatic rings. The Morgan fingerprint density at radius 1 is 1.24 bits per heavy atom. The molecule has 10 heteroatoms. The topological polar surface area (TPSA) is 84.9 Å². The van der Waals surface area contributed by atoms with E-state index in [0.29, 0.717) is 30.8 Å². The third kappa shape index (κ3) is 4.95. The smallest absolute Gasteiger partial charge is 0.421 e. The van der Waals surface area contributed by atoms with Crippen LogP contribution in [0.5, 0.6) is 0 Å². The number of benzene rings is 1. The lowest BCUT2D eigenvalue weighted by Crippen LogP contribution is -2.73. The highest BCUT2D eigenvalue weighted by atomic mass is 19.4. The normalized spacial score (nSPS) is 35.4. The average molecular weight is 628 g/mol. The number of rotatable bonds is 8. The molecule has 0 aromatic heterocycles. The lowest BCUT2D eigenvalue weighted by atomic mass is 9.46. The van der Waals surface area contributed by atoms with Gasteiger partial charge in [0.1, 0.15) is 17.1 Å². The van der Waals surface area contributed by atoms with E-state index in [4.69, 9.17) is 9.47 Å². The van der Waals surface area contributed by atoms with Crippen molar-refractivity contribution in [1.29, 1.82) is 0 Å². The quantitative estimate of drug-likeness (QED) is 0.152. The molecule has 242 valence electrons. The fraction of sp³-hybridized carbons (Fsp3) is 0.543. The molecule has 2 aliphatic heterocycles. The van der Waals surface area contributed by atoms with Crippen LogP contribution in [0.2, 0.25) is 0 Å². The van der Waals surface area contributed by atoms with Gasteiger partial charge in [-0.05, 0) is 36.1 Å². The van der Waals surface area contributed by atoms with Gasteiger partial charge in [-0.1, -0.05) is 57.2 Å². The molecule has 7 atom stereocenters. The molecule has 1 spiro atoms. The second-order valence-electron chi connectivity index (χ2n) is 13.9. The zero-order chi connectivity index (χ0) is 32.4. The summed E-state index contributed by atoms with van der Waals surface area (Å²) in [6.07, 6.45) is 2.27. The number of aliphatic hydroxyl groups excluding tert-OH is 1. The van der Waals surface area contributed by atoms with Gasteiger partial charge in [-0.15, -0.1) is 0 Å². The minimum Gasteiger partial charge on any atom is -0.507 e. The largest absolute Gasteiger partial charge is 0.507 e. The number of carbonyl (C=O) groups excluding carboxylic acids is 2. The van der Waals surface area contributed by atoms with Gasteiger partial charge < -0.3 is 24.4 Å². The number of halogens is 3. The van der Waals surface area contributed by atoms with Gasteiger partial charge in [0.15, 0.2) is 0 Å². The Morgan fingerprint density at radius 2 is 1.98 bits per heavy atom. The number of hydrogen-bond donors (Lipinski definition) is 2. The molecule has 2 bridgehead atoms. The number of carbonyl (C=O) groups is 2. The van der Waals surface area contributed by atoms with E-state index in [2.05, 4.69) is 25.7 Å². The highest BCUT2D eigenvalue weighted by molar-refractivity contribution is 5.99. The number of amides is 1. The van der Waals surface area contributed by atoms with E-state index in [1.807, 2.05) is 6.08 Å². The number of aliphatic hydroxyl groups is 1. The first-order valence-corrected chi connectivity index (χ1v) is 15.9. The summed E-state index contributed by atoms with van der Waals surface area (Å²) in [6, 6.07) is 7.97. The molecule has 45 heavy (non-hydrogen) atoms. The minimum atomic E-state index is -4.97. The first kappa shape index (κ1) is 31.6. The standard InChI is InChI=1S/C35H41F3N2O5/c1-5-15-40(20-21(2)3)16-14-33-25-12-9-13-30(33)45-34(29(42)19-28(44-22(4)41)24(31(33)34)18-27(25)40)39-32(43)26(35(36,37)38)17-23-10-7-6-8-11-23/h5-8,10-11,17,19,21,25,27,30-31H,1,9,12-16,18,20H2,2-4H3,(H-,39,42,43)/p+1/t25-,27+,30-,31?,33+,34?,40?/m0/s1. The van der Waals surface area contributed by atoms with Gasteiger partial charge >= 0.3 is 12.1 Å². The highest BCUT2D eigenvalue weighted by Gasteiger charge is 2.77. The number of esters is 1. The number of alkyl halides is 3. The zero-order valence-electron chi connectivity index (χ0n) is 26.0. The van der Waals surface area contributed by atoms with E-state index in [9.17, 15) is 27.9 Å². The van der Waals surface area contributed by atoms with Gasteiger partial charge in [0.2, 0.25) is 5.72 Å². The van der Waals surface area contributed by atoms with Crippen LogP contribution < -0.4 is 5.32 Å². The van der Waals surface area contributed by atoms with E-state index >= 15 is 0 Å². The van der Waals surface area contributed by atoms with Crippen LogP contribution in [0, 0.1) is 23.2 Å². The van der Waals surface area contributed by atoms with E-state index in [-0.39, 0.29) is 23.3 Å². The van der Waals surface area contributed by atoms with Crippen LogP contribution >= 0.6 is 0 Å². The SMILES string of the molecule is C=CC[N+]1(CC(C)C)CC[C@]23C4C5=C(OC(C)=O)C=C(O)C4(NC(=O)C(=Cc4ccccc4)C(F)(F)F)O[C@H]2CCC[C@H]3[C@H]1C5. The van der Waals surface area contributed by atoms with Crippen molar-refractivity contribution < 1.29 is 41.8 Å². The summed E-state index contributed by atoms with van der Waals surface area (Å²) < 4.78 is 56.6. The molecular formula is C35H42F3N2O5+. The summed E-state index contributed by atoms with van der Waals surface area (Å²) in [5.41, 5.74) is -2.97. The van der Waals surface area contributed by atoms with Crippen molar-refractivity contribution in [3.05, 3.63) is 77.3 Å². The fourth-order valence-corrected chi connectivity index (χ4v) is 9.72. The van der Waals surface area contributed by atoms with Gasteiger partial charge in [-0.2, -0.15) is 13.2 Å². The van der Waals surface area contributed by atoms with Crippen LogP contribution in [0.1, 0.15) is 58.4 Å². The van der Waals surface area contributed by atoms with Crippen molar-refractivity contribution in [2.24, 2.45) is 23.2 Å². The lowest BCUT2D eigenvalue weighted by Gasteiger charge is -2.65. The number of nitrogens with zero attached hydrogens (tertiary/aromatic N) is 1. The monoisotopic (exact) mass is 627 g/mol. The Kier molecular flexibility index (Phi) is 7.84. The summed E-state index contributed by atoms with van der Waals surface area (Å²) in [5, 5.41) is 14.3. The lowest BCUT2D eigenvalue weighted by molar-refractivity contribution is -0.961. The Hall–Kier alpha value is -3.37. The molecule has 0 radical (unpaired) electrons. The maximum Gasteiger partial charge on any atom is 0.421 e. The second-order valence-corrected chi connectivity index (χ2v) is 13.9. The predicted octanol–water partition coefficient (Wildman–Crippen LogP) is 6.35. The number of quaternary nitrogens is 1. The second kappa shape index (κ2) is 11.2. The maximum absolute atomic E-state index is 14.4. The van der Waals surface area contributed by atoms with Crippen LogP contribution in [0.3, 0.4) is 0 Å². The number of hydrogen-bond acceptors (Lipinski definition) is 5. The van der Waals surface area contributed by atoms with Crippen LogP contribution in [0.4, 0.5) is 13.2 Å². The Labute approximate surface area is 262 Å². The van der Waals surface area contributed by atoms with Gasteiger partial charge in [0.05, 0.1) is 31.8 Å². The summed E-state index contributed by atoms with van der Waals surface area (Å²) in [5.74, 6) is -2.37. The third-order valence-electron chi connectivity index (χ3n) is 10.9. The van der Waals surface area contributed by atoms with Gasteiger partial charge in [0.25, 0.3) is 5.91 Å². The molecule has 2 saturated heterocycles. The molecule has 1 aromatic rings. The molecule has 6 rings (SSSR count). The number of ether oxygens (including phenoxy) is 2. The molecule has 2 N–H and O–H groups in total. The molecule has 2 saturated carbocycles.